The largest absolute Gasteiger partial charge is 0.497 e. The highest BCUT2D eigenvalue weighted by atomic mass is 32.3. The first-order valence-electron chi connectivity index (χ1n) is 16.1. The van der Waals surface area contributed by atoms with Gasteiger partial charge in [0.1, 0.15) is 11.5 Å². The van der Waals surface area contributed by atoms with Crippen molar-refractivity contribution in [2.24, 2.45) is 5.92 Å². The SMILES string of the molecule is COc1ccc(C2CC3=C(S(O)(O)c4ccc(C)cc4)C(c4cccc5ccccc45)CC(=O)C3CC2S(=O)(=O)c2ccccc2)cc1. The van der Waals surface area contributed by atoms with Crippen LogP contribution in [0.1, 0.15) is 47.8 Å². The molecule has 0 saturated heterocycles. The summed E-state index contributed by atoms with van der Waals surface area (Å²) in [6, 6.07) is 36.8. The van der Waals surface area contributed by atoms with Crippen molar-refractivity contribution >= 4 is 37.0 Å². The van der Waals surface area contributed by atoms with Crippen LogP contribution in [0.4, 0.5) is 0 Å². The molecule has 6 nitrogen and oxygen atoms in total. The van der Waals surface area contributed by atoms with E-state index in [1.54, 1.807) is 49.6 Å². The zero-order valence-corrected chi connectivity index (χ0v) is 28.5. The molecule has 1 saturated carbocycles. The number of rotatable bonds is 7. The van der Waals surface area contributed by atoms with E-state index in [4.69, 9.17) is 4.74 Å². The van der Waals surface area contributed by atoms with Gasteiger partial charge in [-0.1, -0.05) is 90.5 Å². The number of allylic oxidation sites excluding steroid dienone is 2. The molecule has 4 unspecified atom stereocenters. The molecule has 246 valence electrons. The maximum Gasteiger partial charge on any atom is 0.181 e. The van der Waals surface area contributed by atoms with Gasteiger partial charge in [-0.25, -0.2) is 8.42 Å². The third-order valence-electron chi connectivity index (χ3n) is 10.1. The summed E-state index contributed by atoms with van der Waals surface area (Å²) in [5, 5.41) is 1.04. The average molecular weight is 679 g/mol. The summed E-state index contributed by atoms with van der Waals surface area (Å²) in [4.78, 5) is 15.4. The molecule has 0 amide bonds. The lowest BCUT2D eigenvalue weighted by Gasteiger charge is -2.48. The van der Waals surface area contributed by atoms with Crippen molar-refractivity contribution in [3.63, 3.8) is 0 Å². The lowest BCUT2D eigenvalue weighted by atomic mass is 9.67. The predicted octanol–water partition coefficient (Wildman–Crippen LogP) is 9.31. The zero-order valence-electron chi connectivity index (χ0n) is 26.8. The second kappa shape index (κ2) is 12.7. The lowest BCUT2D eigenvalue weighted by molar-refractivity contribution is -0.123. The van der Waals surface area contributed by atoms with E-state index in [-0.39, 0.29) is 29.9 Å². The maximum atomic E-state index is 14.4. The number of benzene rings is 5. The first kappa shape index (κ1) is 32.3. The van der Waals surface area contributed by atoms with Crippen LogP contribution in [0.15, 0.2) is 142 Å². The van der Waals surface area contributed by atoms with Gasteiger partial charge < -0.3 is 4.74 Å². The number of ketones is 1. The molecule has 5 aromatic rings. The molecule has 0 aromatic heterocycles. The number of fused-ring (bicyclic) bond motifs is 2. The summed E-state index contributed by atoms with van der Waals surface area (Å²) in [6.45, 7) is 1.94. The van der Waals surface area contributed by atoms with Gasteiger partial charge in [0.05, 0.1) is 22.2 Å². The molecule has 8 heteroatoms. The molecule has 0 radical (unpaired) electrons. The van der Waals surface area contributed by atoms with Gasteiger partial charge in [-0.15, -0.1) is 10.6 Å². The Kier molecular flexibility index (Phi) is 8.54. The zero-order chi connectivity index (χ0) is 33.6. The summed E-state index contributed by atoms with van der Waals surface area (Å²) in [6.07, 6.45) is 0.291. The number of Topliss-reactive ketones (excluding diaryl/α,β-unsaturated/α-hetero) is 1. The number of carbonyl (C=O) groups is 1. The molecule has 0 aliphatic heterocycles. The Balaban J connectivity index is 1.47. The number of hydrogen-bond acceptors (Lipinski definition) is 6. The topological polar surface area (TPSA) is 101 Å². The number of ether oxygens (including phenoxy) is 1. The summed E-state index contributed by atoms with van der Waals surface area (Å²) in [7, 11) is -5.90. The maximum absolute atomic E-state index is 14.4. The monoisotopic (exact) mass is 678 g/mol. The van der Waals surface area contributed by atoms with E-state index < -0.39 is 43.4 Å². The fourth-order valence-corrected chi connectivity index (χ4v) is 11.6. The van der Waals surface area contributed by atoms with Crippen molar-refractivity contribution in [2.75, 3.05) is 7.11 Å². The standard InChI is InChI=1S/C40H38O6S2/c1-26-15-21-31(22-16-26)48(44,45)40-36-23-34(28-17-19-29(46-2)20-18-28)39(47(42,43)30-11-4-3-5-12-30)25-35(36)38(41)24-37(40)33-14-8-10-27-9-6-7-13-32(27)33/h3-22,34-35,37,39,44-45H,23-25H2,1-2H3. The fraction of sp³-hybridized carbons (Fsp3) is 0.225. The highest BCUT2D eigenvalue weighted by molar-refractivity contribution is 8.27. The average Bonchev–Trinajstić information content (AvgIpc) is 3.11. The number of aryl methyl sites for hydroxylation is 1. The van der Waals surface area contributed by atoms with Crippen molar-refractivity contribution < 1.29 is 27.1 Å². The van der Waals surface area contributed by atoms with Crippen LogP contribution < -0.4 is 4.74 Å². The summed E-state index contributed by atoms with van der Waals surface area (Å²) >= 11 is 0. The first-order chi connectivity index (χ1) is 23.1. The summed E-state index contributed by atoms with van der Waals surface area (Å²) in [5.74, 6) is -1.34. The molecule has 7 rings (SSSR count). The van der Waals surface area contributed by atoms with Crippen LogP contribution in [-0.2, 0) is 14.6 Å². The van der Waals surface area contributed by atoms with Crippen molar-refractivity contribution in [3.05, 3.63) is 148 Å². The number of carbonyl (C=O) groups excluding carboxylic acids is 1. The van der Waals surface area contributed by atoms with E-state index >= 15 is 0 Å². The minimum Gasteiger partial charge on any atom is -0.497 e. The van der Waals surface area contributed by atoms with Gasteiger partial charge in [0.15, 0.2) is 9.84 Å². The van der Waals surface area contributed by atoms with Crippen LogP contribution in [0.2, 0.25) is 0 Å². The van der Waals surface area contributed by atoms with Gasteiger partial charge in [-0.05, 0) is 83.6 Å². The van der Waals surface area contributed by atoms with E-state index in [1.807, 2.05) is 85.8 Å². The van der Waals surface area contributed by atoms with E-state index in [1.165, 1.54) is 0 Å². The predicted molar refractivity (Wildman–Crippen MR) is 192 cm³/mol. The summed E-state index contributed by atoms with van der Waals surface area (Å²) < 4.78 is 59.0. The van der Waals surface area contributed by atoms with Crippen molar-refractivity contribution in [2.45, 2.75) is 53.1 Å². The second-order valence-electron chi connectivity index (χ2n) is 12.8. The third kappa shape index (κ3) is 5.66. The second-order valence-corrected chi connectivity index (χ2v) is 17.0. The lowest BCUT2D eigenvalue weighted by Crippen LogP contribution is -2.42. The van der Waals surface area contributed by atoms with Crippen molar-refractivity contribution in [3.8, 4) is 5.75 Å². The smallest absolute Gasteiger partial charge is 0.181 e. The van der Waals surface area contributed by atoms with Gasteiger partial charge in [-0.3, -0.25) is 13.9 Å². The van der Waals surface area contributed by atoms with E-state index in [2.05, 4.69) is 0 Å². The minimum absolute atomic E-state index is 0.0462. The molecule has 0 bridgehead atoms. The van der Waals surface area contributed by atoms with E-state index in [0.29, 0.717) is 21.1 Å². The molecule has 1 fully saturated rings. The normalized spacial score (nSPS) is 22.0. The van der Waals surface area contributed by atoms with Gasteiger partial charge in [0.25, 0.3) is 0 Å². The van der Waals surface area contributed by atoms with Crippen molar-refractivity contribution in [1.29, 1.82) is 0 Å². The molecule has 48 heavy (non-hydrogen) atoms. The molecule has 5 aromatic carbocycles. The molecular weight excluding hydrogens is 641 g/mol. The first-order valence-corrected chi connectivity index (χ1v) is 19.2. The molecule has 2 N–H and O–H groups in total. The Morgan fingerprint density at radius 1 is 0.708 bits per heavy atom. The minimum atomic E-state index is -3.88. The highest BCUT2D eigenvalue weighted by Gasteiger charge is 2.50. The molecule has 0 heterocycles. The van der Waals surface area contributed by atoms with Crippen molar-refractivity contribution in [1.82, 2.24) is 0 Å². The Labute approximate surface area is 283 Å². The highest BCUT2D eigenvalue weighted by Crippen LogP contribution is 2.66. The molecule has 4 atom stereocenters. The van der Waals surface area contributed by atoms with Gasteiger partial charge in [0, 0.05) is 29.1 Å². The Bertz CT molecular complexity index is 2120. The van der Waals surface area contributed by atoms with Crippen LogP contribution in [0, 0.1) is 12.8 Å². The van der Waals surface area contributed by atoms with Crippen LogP contribution >= 0.6 is 10.6 Å². The number of hydrogen-bond donors (Lipinski definition) is 2. The van der Waals surface area contributed by atoms with Crippen LogP contribution in [-0.4, -0.2) is 35.7 Å². The molecule has 0 spiro atoms. The van der Waals surface area contributed by atoms with E-state index in [0.717, 1.165) is 27.5 Å². The summed E-state index contributed by atoms with van der Waals surface area (Å²) in [5.41, 5.74) is 3.27. The molecule has 2 aliphatic rings. The Morgan fingerprint density at radius 2 is 1.38 bits per heavy atom. The van der Waals surface area contributed by atoms with Crippen LogP contribution in [0.5, 0.6) is 5.75 Å². The van der Waals surface area contributed by atoms with E-state index in [9.17, 15) is 22.3 Å². The quantitative estimate of drug-likeness (QED) is 0.178. The van der Waals surface area contributed by atoms with Gasteiger partial charge >= 0.3 is 0 Å². The Morgan fingerprint density at radius 3 is 2.08 bits per heavy atom. The molecule has 2 aliphatic carbocycles. The van der Waals surface area contributed by atoms with Gasteiger partial charge in [0.2, 0.25) is 0 Å². The fourth-order valence-electron chi connectivity index (χ4n) is 7.66. The molecular formula is C40H38O6S2. The number of sulfone groups is 1. The van der Waals surface area contributed by atoms with Gasteiger partial charge in [-0.2, -0.15) is 0 Å². The van der Waals surface area contributed by atoms with Crippen LogP contribution in [0.25, 0.3) is 10.8 Å². The Hall–Kier alpha value is -4.21. The van der Waals surface area contributed by atoms with Crippen LogP contribution in [0.3, 0.4) is 0 Å². The third-order valence-corrected chi connectivity index (χ3v) is 14.4. The number of methoxy groups -OCH3 is 1.